The molecule has 0 radical (unpaired) electrons. The predicted molar refractivity (Wildman–Crippen MR) is 107 cm³/mol. The Morgan fingerprint density at radius 1 is 1.34 bits per heavy atom. The van der Waals surface area contributed by atoms with Gasteiger partial charge in [-0.25, -0.2) is 0 Å². The maximum absolute atomic E-state index is 12.8. The van der Waals surface area contributed by atoms with Crippen molar-refractivity contribution in [2.75, 3.05) is 26.2 Å². The molecule has 0 aromatic heterocycles. The van der Waals surface area contributed by atoms with Crippen molar-refractivity contribution in [3.63, 3.8) is 0 Å². The molecule has 6 nitrogen and oxygen atoms in total. The summed E-state index contributed by atoms with van der Waals surface area (Å²) in [6.45, 7) is 9.09. The van der Waals surface area contributed by atoms with Crippen LogP contribution in [0.2, 0.25) is 0 Å². The average Bonchev–Trinajstić information content (AvgIpc) is 3.00. The minimum atomic E-state index is -0.546. The van der Waals surface area contributed by atoms with Crippen LogP contribution in [0.1, 0.15) is 52.9 Å². The van der Waals surface area contributed by atoms with E-state index in [1.54, 1.807) is 0 Å². The second-order valence-corrected chi connectivity index (χ2v) is 9.78. The van der Waals surface area contributed by atoms with Crippen LogP contribution in [0.25, 0.3) is 0 Å². The lowest BCUT2D eigenvalue weighted by Crippen LogP contribution is -3.14. The summed E-state index contributed by atoms with van der Waals surface area (Å²) in [5.74, 6) is -0.223. The number of aliphatic hydroxyl groups is 1. The van der Waals surface area contributed by atoms with Gasteiger partial charge >= 0.3 is 11.9 Å². The summed E-state index contributed by atoms with van der Waals surface area (Å²) in [7, 11) is 0. The molecule has 6 atom stereocenters. The summed E-state index contributed by atoms with van der Waals surface area (Å²) in [4.78, 5) is 26.1. The molecule has 0 amide bonds. The van der Waals surface area contributed by atoms with Crippen molar-refractivity contribution >= 4 is 11.9 Å². The average molecular weight is 407 g/mol. The van der Waals surface area contributed by atoms with E-state index in [2.05, 4.69) is 19.9 Å². The highest BCUT2D eigenvalue weighted by Crippen LogP contribution is 2.55. The monoisotopic (exact) mass is 406 g/mol. The molecule has 0 spiro atoms. The highest BCUT2D eigenvalue weighted by atomic mass is 16.6. The van der Waals surface area contributed by atoms with Gasteiger partial charge in [-0.2, -0.15) is 0 Å². The first-order valence-electron chi connectivity index (χ1n) is 11.4. The number of rotatable bonds is 4. The van der Waals surface area contributed by atoms with E-state index in [4.69, 9.17) is 9.47 Å². The quantitative estimate of drug-likeness (QED) is 0.541. The van der Waals surface area contributed by atoms with Crippen LogP contribution in [-0.4, -0.2) is 55.5 Å². The van der Waals surface area contributed by atoms with E-state index in [0.717, 1.165) is 45.2 Å². The maximum atomic E-state index is 12.8. The second-order valence-electron chi connectivity index (χ2n) is 9.78. The molecular weight excluding hydrogens is 370 g/mol. The third-order valence-electron chi connectivity index (χ3n) is 8.39. The van der Waals surface area contributed by atoms with Crippen LogP contribution >= 0.6 is 0 Å². The van der Waals surface area contributed by atoms with Gasteiger partial charge in [0.15, 0.2) is 0 Å². The van der Waals surface area contributed by atoms with E-state index >= 15 is 0 Å². The van der Waals surface area contributed by atoms with Gasteiger partial charge in [0.2, 0.25) is 0 Å². The fraction of sp³-hybridized carbons (Fsp3) is 0.826. The number of quaternary nitrogens is 1. The zero-order valence-corrected chi connectivity index (χ0v) is 18.0. The number of likely N-dealkylation sites (tertiary alicyclic amines) is 1. The second kappa shape index (κ2) is 8.03. The number of hydrogen-bond donors (Lipinski definition) is 2. The Hall–Kier alpha value is -1.40. The lowest BCUT2D eigenvalue weighted by Gasteiger charge is -2.51. The first-order valence-corrected chi connectivity index (χ1v) is 11.4. The number of carbonyl (C=O) groups is 2. The van der Waals surface area contributed by atoms with E-state index in [1.165, 1.54) is 10.5 Å². The fourth-order valence-electron chi connectivity index (χ4n) is 6.33. The Morgan fingerprint density at radius 2 is 2.07 bits per heavy atom. The first-order chi connectivity index (χ1) is 13.9. The van der Waals surface area contributed by atoms with Crippen molar-refractivity contribution in [1.82, 2.24) is 0 Å². The summed E-state index contributed by atoms with van der Waals surface area (Å²) in [5.41, 5.74) is 1.03. The Bertz CT molecular complexity index is 683. The normalized spacial score (nSPS) is 44.3. The molecule has 0 bridgehead atoms. The molecule has 6 heteroatoms. The molecule has 4 rings (SSSR count). The lowest BCUT2D eigenvalue weighted by molar-refractivity contribution is -0.908. The lowest BCUT2D eigenvalue weighted by atomic mass is 9.55. The van der Waals surface area contributed by atoms with Gasteiger partial charge in [-0.15, -0.1) is 0 Å². The number of carbonyl (C=O) groups excluding carboxylic acids is 2. The largest absolute Gasteiger partial charge is 0.466 e. The van der Waals surface area contributed by atoms with E-state index in [0.29, 0.717) is 19.1 Å². The van der Waals surface area contributed by atoms with Crippen molar-refractivity contribution in [2.24, 2.45) is 29.1 Å². The van der Waals surface area contributed by atoms with Crippen LogP contribution in [-0.2, 0) is 19.1 Å². The van der Waals surface area contributed by atoms with Crippen molar-refractivity contribution in [2.45, 2.75) is 65.1 Å². The van der Waals surface area contributed by atoms with E-state index in [9.17, 15) is 14.7 Å². The Balaban J connectivity index is 1.44. The van der Waals surface area contributed by atoms with Gasteiger partial charge in [0, 0.05) is 30.6 Å². The number of nitrogens with one attached hydrogen (secondary N) is 1. The summed E-state index contributed by atoms with van der Waals surface area (Å²) in [6, 6.07) is 0. The molecule has 4 aliphatic rings. The molecule has 3 fully saturated rings. The molecule has 0 aromatic carbocycles. The Kier molecular flexibility index (Phi) is 5.77. The molecule has 2 aliphatic heterocycles. The molecule has 2 N–H and O–H groups in total. The summed E-state index contributed by atoms with van der Waals surface area (Å²) < 4.78 is 10.9. The molecule has 2 aliphatic carbocycles. The molecule has 2 saturated heterocycles. The van der Waals surface area contributed by atoms with Crippen LogP contribution in [0.3, 0.4) is 0 Å². The number of hydrogen-bond acceptors (Lipinski definition) is 5. The van der Waals surface area contributed by atoms with Crippen molar-refractivity contribution in [3.05, 3.63) is 11.6 Å². The van der Waals surface area contributed by atoms with Crippen LogP contribution in [0.4, 0.5) is 0 Å². The smallest absolute Gasteiger partial charge is 0.315 e. The Labute approximate surface area is 173 Å². The van der Waals surface area contributed by atoms with Gasteiger partial charge in [0.1, 0.15) is 12.0 Å². The fourth-order valence-corrected chi connectivity index (χ4v) is 6.33. The van der Waals surface area contributed by atoms with Crippen molar-refractivity contribution < 1.29 is 29.1 Å². The summed E-state index contributed by atoms with van der Waals surface area (Å²) in [5, 5.41) is 11.5. The third-order valence-corrected chi connectivity index (χ3v) is 8.39. The first kappa shape index (κ1) is 20.9. The zero-order valence-electron chi connectivity index (χ0n) is 18.0. The third kappa shape index (κ3) is 3.52. The number of allylic oxidation sites excluding steroid dienone is 1. The Morgan fingerprint density at radius 3 is 2.76 bits per heavy atom. The number of esters is 2. The minimum Gasteiger partial charge on any atom is -0.466 e. The van der Waals surface area contributed by atoms with Crippen molar-refractivity contribution in [1.29, 1.82) is 0 Å². The number of piperidine rings is 1. The topological polar surface area (TPSA) is 77.3 Å². The van der Waals surface area contributed by atoms with Gasteiger partial charge in [-0.05, 0) is 25.7 Å². The number of ether oxygens (including phenoxy) is 2. The van der Waals surface area contributed by atoms with Gasteiger partial charge < -0.3 is 19.5 Å². The molecule has 1 saturated carbocycles. The molecule has 162 valence electrons. The van der Waals surface area contributed by atoms with Gasteiger partial charge in [-0.3, -0.25) is 9.59 Å². The summed E-state index contributed by atoms with van der Waals surface area (Å²) >= 11 is 0. The van der Waals surface area contributed by atoms with Gasteiger partial charge in [0.25, 0.3) is 0 Å². The number of fused-ring (bicyclic) bond motifs is 2. The van der Waals surface area contributed by atoms with Crippen LogP contribution in [0, 0.1) is 29.1 Å². The minimum absolute atomic E-state index is 0.0167. The molecule has 2 heterocycles. The van der Waals surface area contributed by atoms with E-state index in [1.807, 2.05) is 6.92 Å². The standard InChI is InChI=1S/C23H35NO5/c1-4-28-21(26)15-8-10-24(11-9-15)13-17-19-18(29-22(17)27)12-16-7-5-6-14(2)23(16,3)20(19)25/h7,14-15,17-20,25H,4-6,8-13H2,1-3H3/p+1/t14-,17-,18-,19+,20+,23-/m0/s1. The van der Waals surface area contributed by atoms with Gasteiger partial charge in [-0.1, -0.05) is 25.5 Å². The molecule has 0 aromatic rings. The highest BCUT2D eigenvalue weighted by Gasteiger charge is 2.60. The van der Waals surface area contributed by atoms with Crippen molar-refractivity contribution in [3.8, 4) is 0 Å². The molecular formula is C23H36NO5+. The van der Waals surface area contributed by atoms with Gasteiger partial charge in [0.05, 0.1) is 38.3 Å². The summed E-state index contributed by atoms with van der Waals surface area (Å²) in [6.07, 6.45) is 6.03. The predicted octanol–water partition coefficient (Wildman–Crippen LogP) is 1.13. The van der Waals surface area contributed by atoms with E-state index in [-0.39, 0.29) is 41.2 Å². The molecule has 29 heavy (non-hydrogen) atoms. The van der Waals surface area contributed by atoms with Crippen LogP contribution < -0.4 is 4.90 Å². The van der Waals surface area contributed by atoms with E-state index < -0.39 is 6.10 Å². The zero-order chi connectivity index (χ0) is 20.8. The van der Waals surface area contributed by atoms with Crippen LogP contribution in [0.5, 0.6) is 0 Å². The van der Waals surface area contributed by atoms with Crippen LogP contribution in [0.15, 0.2) is 11.6 Å². The highest BCUT2D eigenvalue weighted by molar-refractivity contribution is 5.76. The number of aliphatic hydroxyl groups excluding tert-OH is 1. The maximum Gasteiger partial charge on any atom is 0.315 e. The SMILES string of the molecule is CCOC(=O)C1CC[NH+](C[C@@H]2C(=O)O[C@H]3CC4=CCC[C@H](C)[C@]4(C)[C@H](O)[C@@H]32)CC1. The molecule has 0 unspecified atom stereocenters.